The average molecular weight is 238 g/mol. The van der Waals surface area contributed by atoms with Gasteiger partial charge in [-0.1, -0.05) is 0 Å². The molecule has 4 nitrogen and oxygen atoms in total. The van der Waals surface area contributed by atoms with Gasteiger partial charge in [0.05, 0.1) is 9.79 Å². The number of thiocyanates is 3. The highest BCUT2D eigenvalue weighted by atomic mass is 32.2. The van der Waals surface area contributed by atoms with Gasteiger partial charge in [-0.15, -0.1) is 0 Å². The van der Waals surface area contributed by atoms with Crippen molar-refractivity contribution in [2.45, 2.75) is 14.8 Å². The van der Waals surface area contributed by atoms with Crippen molar-refractivity contribution in [2.24, 2.45) is 0 Å². The Kier molecular flexibility index (Phi) is 4.28. The topological polar surface area (TPSA) is 87.2 Å². The number of aromatic nitrogens is 1. The lowest BCUT2D eigenvalue weighted by atomic mass is 10.6. The summed E-state index contributed by atoms with van der Waals surface area (Å²) in [4.78, 5) is 4.16. The lowest BCUT2D eigenvalue weighted by Gasteiger charge is -1.93. The van der Waals surface area contributed by atoms with E-state index in [-0.39, 0.29) is 0 Å². The highest BCUT2D eigenvalue weighted by Crippen LogP contribution is 2.37. The standard InChI is InChI=1S/C7H2N4S3/c8-2-12-5-1-11-7(14-4-10)6(5)13-3-9/h1,11H. The van der Waals surface area contributed by atoms with Gasteiger partial charge < -0.3 is 4.98 Å². The van der Waals surface area contributed by atoms with E-state index in [2.05, 4.69) is 4.98 Å². The Labute approximate surface area is 93.3 Å². The Hall–Kier alpha value is -1.20. The Balaban J connectivity index is 3.04. The van der Waals surface area contributed by atoms with Crippen LogP contribution in [0.15, 0.2) is 21.0 Å². The molecule has 1 heterocycles. The van der Waals surface area contributed by atoms with E-state index in [4.69, 9.17) is 15.8 Å². The highest BCUT2D eigenvalue weighted by molar-refractivity contribution is 8.08. The van der Waals surface area contributed by atoms with E-state index in [1.165, 1.54) is 0 Å². The minimum Gasteiger partial charge on any atom is -0.353 e. The molecule has 1 N–H and O–H groups in total. The van der Waals surface area contributed by atoms with Crippen LogP contribution >= 0.6 is 35.3 Å². The summed E-state index contributed by atoms with van der Waals surface area (Å²) in [5, 5.41) is 31.9. The van der Waals surface area contributed by atoms with Crippen LogP contribution in [0.5, 0.6) is 0 Å². The molecule has 1 aromatic heterocycles. The third kappa shape index (κ3) is 2.40. The summed E-state index contributed by atoms with van der Waals surface area (Å²) >= 11 is 2.86. The Morgan fingerprint density at radius 1 is 1.00 bits per heavy atom. The molecular weight excluding hydrogens is 236 g/mol. The molecule has 0 spiro atoms. The number of nitriles is 3. The fourth-order valence-corrected chi connectivity index (χ4v) is 2.55. The second-order valence-corrected chi connectivity index (χ2v) is 4.31. The molecule has 0 aliphatic heterocycles. The van der Waals surface area contributed by atoms with Crippen molar-refractivity contribution in [3.8, 4) is 16.2 Å². The van der Waals surface area contributed by atoms with Crippen LogP contribution in [-0.4, -0.2) is 4.98 Å². The molecule has 7 heteroatoms. The number of hydrogen-bond acceptors (Lipinski definition) is 6. The Morgan fingerprint density at radius 2 is 1.64 bits per heavy atom. The van der Waals surface area contributed by atoms with E-state index in [0.717, 1.165) is 35.3 Å². The molecule has 0 bridgehead atoms. The summed E-state index contributed by atoms with van der Waals surface area (Å²) in [5.74, 6) is 0. The Bertz CT molecular complexity index is 411. The molecule has 68 valence electrons. The van der Waals surface area contributed by atoms with E-state index in [0.29, 0.717) is 14.8 Å². The van der Waals surface area contributed by atoms with Crippen molar-refractivity contribution in [2.75, 3.05) is 0 Å². The van der Waals surface area contributed by atoms with Crippen LogP contribution in [0.3, 0.4) is 0 Å². The summed E-state index contributed by atoms with van der Waals surface area (Å²) in [5.41, 5.74) is 0. The lowest BCUT2D eigenvalue weighted by Crippen LogP contribution is -1.71. The summed E-state index contributed by atoms with van der Waals surface area (Å²) in [7, 11) is 0. The van der Waals surface area contributed by atoms with Gasteiger partial charge in [-0.05, 0) is 23.5 Å². The molecular formula is C7H2N4S3. The van der Waals surface area contributed by atoms with Gasteiger partial charge in [-0.2, -0.15) is 15.8 Å². The third-order valence-corrected chi connectivity index (χ3v) is 3.44. The molecule has 0 radical (unpaired) electrons. The van der Waals surface area contributed by atoms with E-state index in [1.807, 2.05) is 16.2 Å². The quantitative estimate of drug-likeness (QED) is 0.643. The zero-order valence-corrected chi connectivity index (χ0v) is 9.09. The first-order valence-electron chi connectivity index (χ1n) is 3.22. The number of aromatic amines is 1. The van der Waals surface area contributed by atoms with Gasteiger partial charge in [0.15, 0.2) is 0 Å². The maximum atomic E-state index is 8.54. The summed E-state index contributed by atoms with van der Waals surface area (Å²) < 4.78 is 0. The first-order chi connectivity index (χ1) is 6.83. The smallest absolute Gasteiger partial charge is 0.140 e. The van der Waals surface area contributed by atoms with Crippen LogP contribution in [0, 0.1) is 32.0 Å². The molecule has 0 amide bonds. The van der Waals surface area contributed by atoms with Crippen molar-refractivity contribution < 1.29 is 0 Å². The van der Waals surface area contributed by atoms with Gasteiger partial charge in [0.25, 0.3) is 0 Å². The van der Waals surface area contributed by atoms with Crippen LogP contribution in [0.4, 0.5) is 0 Å². The van der Waals surface area contributed by atoms with Gasteiger partial charge in [-0.3, -0.25) is 0 Å². The third-order valence-electron chi connectivity index (χ3n) is 1.22. The predicted molar refractivity (Wildman–Crippen MR) is 55.2 cm³/mol. The van der Waals surface area contributed by atoms with E-state index in [9.17, 15) is 0 Å². The van der Waals surface area contributed by atoms with E-state index < -0.39 is 0 Å². The van der Waals surface area contributed by atoms with Gasteiger partial charge in [0, 0.05) is 18.0 Å². The zero-order valence-electron chi connectivity index (χ0n) is 6.64. The molecule has 0 saturated heterocycles. The fourth-order valence-electron chi connectivity index (χ4n) is 0.763. The molecule has 0 unspecified atom stereocenters. The fraction of sp³-hybridized carbons (Fsp3) is 0. The van der Waals surface area contributed by atoms with Gasteiger partial charge >= 0.3 is 0 Å². The molecule has 0 atom stereocenters. The SMILES string of the molecule is N#CSc1c[nH]c(SC#N)c1SC#N. The number of rotatable bonds is 3. The minimum atomic E-state index is 0.608. The van der Waals surface area contributed by atoms with Gasteiger partial charge in [0.1, 0.15) is 21.2 Å². The number of thioether (sulfide) groups is 3. The molecule has 0 saturated carbocycles. The van der Waals surface area contributed by atoms with E-state index in [1.54, 1.807) is 6.20 Å². The summed E-state index contributed by atoms with van der Waals surface area (Å²) in [6.45, 7) is 0. The van der Waals surface area contributed by atoms with Crippen LogP contribution < -0.4 is 0 Å². The predicted octanol–water partition coefficient (Wildman–Crippen LogP) is 2.73. The summed E-state index contributed by atoms with van der Waals surface area (Å²) in [6.07, 6.45) is 1.62. The lowest BCUT2D eigenvalue weighted by molar-refractivity contribution is 1.12. The number of nitrogens with one attached hydrogen (secondary N) is 1. The van der Waals surface area contributed by atoms with E-state index >= 15 is 0 Å². The molecule has 1 aromatic rings. The Morgan fingerprint density at radius 3 is 2.21 bits per heavy atom. The van der Waals surface area contributed by atoms with Crippen LogP contribution in [-0.2, 0) is 0 Å². The summed E-state index contributed by atoms with van der Waals surface area (Å²) in [6, 6.07) is 0. The van der Waals surface area contributed by atoms with Crippen molar-refractivity contribution >= 4 is 35.3 Å². The van der Waals surface area contributed by atoms with Gasteiger partial charge in [-0.25, -0.2) is 0 Å². The molecule has 1 rings (SSSR count). The van der Waals surface area contributed by atoms with Crippen molar-refractivity contribution in [1.82, 2.24) is 4.98 Å². The average Bonchev–Trinajstić information content (AvgIpc) is 2.52. The van der Waals surface area contributed by atoms with Crippen molar-refractivity contribution in [1.29, 1.82) is 15.8 Å². The molecule has 0 fully saturated rings. The number of nitrogens with zero attached hydrogens (tertiary/aromatic N) is 3. The van der Waals surface area contributed by atoms with Crippen molar-refractivity contribution in [3.05, 3.63) is 6.20 Å². The second kappa shape index (κ2) is 5.51. The van der Waals surface area contributed by atoms with Crippen LogP contribution in [0.25, 0.3) is 0 Å². The molecule has 14 heavy (non-hydrogen) atoms. The molecule has 0 aliphatic carbocycles. The largest absolute Gasteiger partial charge is 0.353 e. The second-order valence-electron chi connectivity index (χ2n) is 1.89. The maximum absolute atomic E-state index is 8.54. The highest BCUT2D eigenvalue weighted by Gasteiger charge is 2.12. The number of hydrogen-bond donors (Lipinski definition) is 1. The first kappa shape index (κ1) is 10.9. The first-order valence-corrected chi connectivity index (χ1v) is 5.67. The molecule has 0 aromatic carbocycles. The van der Waals surface area contributed by atoms with Crippen LogP contribution in [0.1, 0.15) is 0 Å². The molecule has 0 aliphatic rings. The van der Waals surface area contributed by atoms with Crippen molar-refractivity contribution in [3.63, 3.8) is 0 Å². The van der Waals surface area contributed by atoms with Crippen LogP contribution in [0.2, 0.25) is 0 Å². The van der Waals surface area contributed by atoms with Gasteiger partial charge in [0.2, 0.25) is 0 Å². The monoisotopic (exact) mass is 238 g/mol. The maximum Gasteiger partial charge on any atom is 0.140 e. The zero-order chi connectivity index (χ0) is 10.4. The minimum absolute atomic E-state index is 0.608. The normalized spacial score (nSPS) is 8.64. The number of H-pyrrole nitrogens is 1.